The van der Waals surface area contributed by atoms with Crippen molar-refractivity contribution in [2.45, 2.75) is 6.54 Å². The average molecular weight is 292 g/mol. The first kappa shape index (κ1) is 12.3. The van der Waals surface area contributed by atoms with Crippen molar-refractivity contribution < 1.29 is 0 Å². The smallest absolute Gasteiger partial charge is 0.153 e. The van der Waals surface area contributed by atoms with E-state index >= 15 is 0 Å². The Labute approximate surface area is 120 Å². The fourth-order valence-corrected chi connectivity index (χ4v) is 2.49. The maximum absolute atomic E-state index is 6.20. The van der Waals surface area contributed by atoms with Crippen molar-refractivity contribution in [1.82, 2.24) is 9.78 Å². The van der Waals surface area contributed by atoms with Gasteiger partial charge in [0.2, 0.25) is 0 Å². The summed E-state index contributed by atoms with van der Waals surface area (Å²) in [6.07, 6.45) is 0. The van der Waals surface area contributed by atoms with Gasteiger partial charge in [-0.3, -0.25) is 4.68 Å². The fourth-order valence-electron chi connectivity index (χ4n) is 2.11. The van der Waals surface area contributed by atoms with E-state index in [1.54, 1.807) is 6.07 Å². The van der Waals surface area contributed by atoms with Gasteiger partial charge in [-0.2, -0.15) is 5.10 Å². The third-order valence-corrected chi connectivity index (χ3v) is 3.90. The standard InChI is InChI=1S/C14H11Cl2N3/c15-11-6-3-4-9(13(11)16)8-19-12-7-2-1-5-10(12)14(17)18-19/h1-7H,8H2,(H2,17,18). The number of hydrogen-bond donors (Lipinski definition) is 1. The Morgan fingerprint density at radius 3 is 2.68 bits per heavy atom. The molecule has 2 N–H and O–H groups in total. The number of nitrogen functional groups attached to an aromatic ring is 1. The number of aromatic nitrogens is 2. The summed E-state index contributed by atoms with van der Waals surface area (Å²) in [5.41, 5.74) is 7.81. The summed E-state index contributed by atoms with van der Waals surface area (Å²) in [5, 5.41) is 6.40. The van der Waals surface area contributed by atoms with Crippen LogP contribution in [0.25, 0.3) is 10.9 Å². The molecule has 0 saturated carbocycles. The molecule has 2 aromatic carbocycles. The van der Waals surface area contributed by atoms with E-state index in [9.17, 15) is 0 Å². The first-order valence-corrected chi connectivity index (χ1v) is 6.56. The monoisotopic (exact) mass is 291 g/mol. The second-order valence-electron chi connectivity index (χ2n) is 4.27. The Morgan fingerprint density at radius 2 is 1.84 bits per heavy atom. The lowest BCUT2D eigenvalue weighted by atomic mass is 10.2. The molecule has 3 aromatic rings. The van der Waals surface area contributed by atoms with Gasteiger partial charge in [-0.25, -0.2) is 0 Å². The highest BCUT2D eigenvalue weighted by Crippen LogP contribution is 2.27. The molecular weight excluding hydrogens is 281 g/mol. The van der Waals surface area contributed by atoms with E-state index in [-0.39, 0.29) is 0 Å². The van der Waals surface area contributed by atoms with Crippen LogP contribution in [0, 0.1) is 0 Å². The van der Waals surface area contributed by atoms with Gasteiger partial charge < -0.3 is 5.73 Å². The first-order chi connectivity index (χ1) is 9.16. The van der Waals surface area contributed by atoms with Crippen molar-refractivity contribution in [3.8, 4) is 0 Å². The second kappa shape index (κ2) is 4.76. The molecule has 0 fully saturated rings. The normalized spacial score (nSPS) is 11.1. The van der Waals surface area contributed by atoms with Crippen molar-refractivity contribution in [1.29, 1.82) is 0 Å². The van der Waals surface area contributed by atoms with Gasteiger partial charge in [0.05, 0.1) is 22.1 Å². The summed E-state index contributed by atoms with van der Waals surface area (Å²) in [7, 11) is 0. The molecule has 3 nitrogen and oxygen atoms in total. The van der Waals surface area contributed by atoms with Crippen LogP contribution in [0.2, 0.25) is 10.0 Å². The average Bonchev–Trinajstić information content (AvgIpc) is 2.73. The van der Waals surface area contributed by atoms with Crippen LogP contribution in [0.15, 0.2) is 42.5 Å². The second-order valence-corrected chi connectivity index (χ2v) is 5.06. The molecule has 0 amide bonds. The molecule has 5 heteroatoms. The summed E-state index contributed by atoms with van der Waals surface area (Å²) in [6.45, 7) is 0.539. The Bertz CT molecular complexity index is 750. The number of rotatable bonds is 2. The highest BCUT2D eigenvalue weighted by Gasteiger charge is 2.10. The zero-order valence-corrected chi connectivity index (χ0v) is 11.5. The molecular formula is C14H11Cl2N3. The largest absolute Gasteiger partial charge is 0.382 e. The van der Waals surface area contributed by atoms with Gasteiger partial charge in [0.25, 0.3) is 0 Å². The highest BCUT2D eigenvalue weighted by atomic mass is 35.5. The molecule has 0 aliphatic heterocycles. The molecule has 0 bridgehead atoms. The van der Waals surface area contributed by atoms with E-state index in [0.29, 0.717) is 22.4 Å². The molecule has 96 valence electrons. The molecule has 0 aliphatic carbocycles. The minimum absolute atomic E-state index is 0.522. The number of para-hydroxylation sites is 1. The minimum atomic E-state index is 0.522. The van der Waals surface area contributed by atoms with Gasteiger partial charge in [0.15, 0.2) is 5.82 Å². The van der Waals surface area contributed by atoms with Crippen LogP contribution >= 0.6 is 23.2 Å². The molecule has 0 aliphatic rings. The van der Waals surface area contributed by atoms with E-state index < -0.39 is 0 Å². The van der Waals surface area contributed by atoms with Crippen LogP contribution in [0.1, 0.15) is 5.56 Å². The minimum Gasteiger partial charge on any atom is -0.382 e. The number of nitrogens with zero attached hydrogens (tertiary/aromatic N) is 2. The topological polar surface area (TPSA) is 43.8 Å². The molecule has 0 spiro atoms. The lowest BCUT2D eigenvalue weighted by Crippen LogP contribution is -2.03. The number of fused-ring (bicyclic) bond motifs is 1. The van der Waals surface area contributed by atoms with Crippen LogP contribution < -0.4 is 5.73 Å². The number of halogens is 2. The molecule has 0 saturated heterocycles. The predicted octanol–water partition coefficient (Wildman–Crippen LogP) is 3.97. The van der Waals surface area contributed by atoms with Crippen LogP contribution in [0.4, 0.5) is 5.82 Å². The molecule has 0 radical (unpaired) electrons. The lowest BCUT2D eigenvalue weighted by molar-refractivity contribution is 0.716. The molecule has 19 heavy (non-hydrogen) atoms. The van der Waals surface area contributed by atoms with E-state index in [2.05, 4.69) is 5.10 Å². The Kier molecular flexibility index (Phi) is 3.09. The summed E-state index contributed by atoms with van der Waals surface area (Å²) in [5.74, 6) is 0.522. The van der Waals surface area contributed by atoms with Crippen molar-refractivity contribution in [2.24, 2.45) is 0 Å². The van der Waals surface area contributed by atoms with E-state index in [1.807, 2.05) is 41.1 Å². The lowest BCUT2D eigenvalue weighted by Gasteiger charge is -2.07. The van der Waals surface area contributed by atoms with Gasteiger partial charge in [-0.15, -0.1) is 0 Å². The summed E-state index contributed by atoms with van der Waals surface area (Å²) in [4.78, 5) is 0. The van der Waals surface area contributed by atoms with Gasteiger partial charge in [0.1, 0.15) is 0 Å². The van der Waals surface area contributed by atoms with Crippen LogP contribution in [0.5, 0.6) is 0 Å². The summed E-state index contributed by atoms with van der Waals surface area (Å²) in [6, 6.07) is 13.4. The number of anilines is 1. The van der Waals surface area contributed by atoms with Crippen molar-refractivity contribution >= 4 is 39.9 Å². The zero-order chi connectivity index (χ0) is 13.4. The number of benzene rings is 2. The molecule has 0 unspecified atom stereocenters. The van der Waals surface area contributed by atoms with Gasteiger partial charge >= 0.3 is 0 Å². The molecule has 1 aromatic heterocycles. The van der Waals surface area contributed by atoms with Gasteiger partial charge in [-0.05, 0) is 23.8 Å². The van der Waals surface area contributed by atoms with Gasteiger partial charge in [-0.1, -0.05) is 47.5 Å². The van der Waals surface area contributed by atoms with E-state index in [4.69, 9.17) is 28.9 Å². The maximum Gasteiger partial charge on any atom is 0.153 e. The highest BCUT2D eigenvalue weighted by molar-refractivity contribution is 6.42. The molecule has 0 atom stereocenters. The van der Waals surface area contributed by atoms with Crippen LogP contribution in [0.3, 0.4) is 0 Å². The summed E-state index contributed by atoms with van der Waals surface area (Å²) < 4.78 is 1.84. The van der Waals surface area contributed by atoms with Crippen LogP contribution in [-0.4, -0.2) is 9.78 Å². The van der Waals surface area contributed by atoms with Crippen molar-refractivity contribution in [3.63, 3.8) is 0 Å². The summed E-state index contributed by atoms with van der Waals surface area (Å²) >= 11 is 12.2. The SMILES string of the molecule is Nc1nn(Cc2cccc(Cl)c2Cl)c2ccccc12. The molecule has 3 rings (SSSR count). The van der Waals surface area contributed by atoms with E-state index in [1.165, 1.54) is 0 Å². The maximum atomic E-state index is 6.20. The van der Waals surface area contributed by atoms with Gasteiger partial charge in [0, 0.05) is 5.39 Å². The quantitative estimate of drug-likeness (QED) is 0.776. The van der Waals surface area contributed by atoms with Crippen LogP contribution in [-0.2, 0) is 6.54 Å². The number of nitrogens with two attached hydrogens (primary N) is 1. The van der Waals surface area contributed by atoms with Crippen molar-refractivity contribution in [2.75, 3.05) is 5.73 Å². The Morgan fingerprint density at radius 1 is 1.05 bits per heavy atom. The number of hydrogen-bond acceptors (Lipinski definition) is 2. The predicted molar refractivity (Wildman–Crippen MR) is 79.7 cm³/mol. The zero-order valence-electron chi connectivity index (χ0n) is 9.98. The Balaban J connectivity index is 2.09. The molecule has 1 heterocycles. The van der Waals surface area contributed by atoms with Crippen molar-refractivity contribution in [3.05, 3.63) is 58.1 Å². The third kappa shape index (κ3) is 2.15. The Hall–Kier alpha value is -1.71. The first-order valence-electron chi connectivity index (χ1n) is 5.81. The third-order valence-electron chi connectivity index (χ3n) is 3.04. The fraction of sp³-hybridized carbons (Fsp3) is 0.0714. The van der Waals surface area contributed by atoms with E-state index in [0.717, 1.165) is 16.5 Å².